The minimum atomic E-state index is -0.873. The van der Waals surface area contributed by atoms with Crippen molar-refractivity contribution in [3.05, 3.63) is 72.0 Å². The lowest BCUT2D eigenvalue weighted by Crippen LogP contribution is -2.48. The van der Waals surface area contributed by atoms with Crippen LogP contribution in [-0.2, 0) is 9.59 Å². The third-order valence-corrected chi connectivity index (χ3v) is 4.77. The van der Waals surface area contributed by atoms with E-state index in [0.29, 0.717) is 5.75 Å². The topological polar surface area (TPSA) is 76.7 Å². The van der Waals surface area contributed by atoms with Gasteiger partial charge in [-0.25, -0.2) is 4.39 Å². The highest BCUT2D eigenvalue weighted by molar-refractivity contribution is 5.90. The normalized spacial score (nSPS) is 12.7. The number of hydrogen-bond donors (Lipinski definition) is 2. The van der Waals surface area contributed by atoms with Gasteiger partial charge in [0.25, 0.3) is 5.91 Å². The number of hydrogen-bond acceptors (Lipinski definition) is 4. The molecule has 2 atom stereocenters. The first-order valence-corrected chi connectivity index (χ1v) is 9.47. The van der Waals surface area contributed by atoms with Crippen molar-refractivity contribution in [2.75, 3.05) is 7.11 Å². The van der Waals surface area contributed by atoms with E-state index in [1.165, 1.54) is 31.2 Å². The van der Waals surface area contributed by atoms with Gasteiger partial charge in [-0.3, -0.25) is 20.4 Å². The molecule has 0 fully saturated rings. The highest BCUT2D eigenvalue weighted by Crippen LogP contribution is 2.25. The molecular weight excluding hydrogens is 387 g/mol. The molecule has 0 aliphatic rings. The number of rotatable bonds is 6. The van der Waals surface area contributed by atoms with Crippen LogP contribution in [0, 0.1) is 5.82 Å². The first-order valence-electron chi connectivity index (χ1n) is 9.47. The van der Waals surface area contributed by atoms with E-state index in [9.17, 15) is 14.0 Å². The van der Waals surface area contributed by atoms with Gasteiger partial charge in [0.1, 0.15) is 17.3 Å². The van der Waals surface area contributed by atoms with Crippen LogP contribution in [-0.4, -0.2) is 25.0 Å². The van der Waals surface area contributed by atoms with Gasteiger partial charge in [-0.1, -0.05) is 24.3 Å². The molecule has 0 spiro atoms. The molecule has 3 rings (SSSR count). The summed E-state index contributed by atoms with van der Waals surface area (Å²) in [5.74, 6) is -0.637. The Morgan fingerprint density at radius 3 is 2.13 bits per heavy atom. The number of nitrogens with one attached hydrogen (secondary N) is 2. The summed E-state index contributed by atoms with van der Waals surface area (Å²) in [6.07, 6.45) is -0.873. The van der Waals surface area contributed by atoms with Crippen molar-refractivity contribution in [2.45, 2.75) is 25.9 Å². The summed E-state index contributed by atoms with van der Waals surface area (Å²) < 4.78 is 23.6. The maximum Gasteiger partial charge on any atom is 0.279 e. The molecule has 0 aliphatic carbocycles. The standard InChI is InChI=1S/C23H23FN2O4/c1-14(16-4-5-18-13-21(29-3)9-6-17(18)12-16)22(27)25-26-23(28)15(2)30-20-10-7-19(24)8-11-20/h4-15H,1-3H3,(H,25,27)(H,26,28). The van der Waals surface area contributed by atoms with Crippen LogP contribution < -0.4 is 20.3 Å². The zero-order chi connectivity index (χ0) is 21.7. The molecule has 2 N–H and O–H groups in total. The number of ether oxygens (including phenoxy) is 2. The summed E-state index contributed by atoms with van der Waals surface area (Å²) in [5.41, 5.74) is 5.60. The van der Waals surface area contributed by atoms with Gasteiger partial charge in [-0.15, -0.1) is 0 Å². The van der Waals surface area contributed by atoms with Gasteiger partial charge in [-0.2, -0.15) is 0 Å². The van der Waals surface area contributed by atoms with Crippen molar-refractivity contribution in [3.63, 3.8) is 0 Å². The lowest BCUT2D eigenvalue weighted by atomic mass is 9.97. The van der Waals surface area contributed by atoms with Crippen LogP contribution in [0.25, 0.3) is 10.8 Å². The van der Waals surface area contributed by atoms with Gasteiger partial charge in [0.05, 0.1) is 13.0 Å². The molecule has 6 nitrogen and oxygen atoms in total. The minimum absolute atomic E-state index is 0.353. The van der Waals surface area contributed by atoms with E-state index < -0.39 is 23.7 Å². The average molecular weight is 410 g/mol. The first-order chi connectivity index (χ1) is 14.4. The van der Waals surface area contributed by atoms with E-state index in [2.05, 4.69) is 10.9 Å². The number of carbonyl (C=O) groups is 2. The van der Waals surface area contributed by atoms with Gasteiger partial charge in [0.2, 0.25) is 5.91 Å². The quantitative estimate of drug-likeness (QED) is 0.608. The number of halogens is 1. The maximum atomic E-state index is 12.9. The fourth-order valence-corrected chi connectivity index (χ4v) is 2.89. The highest BCUT2D eigenvalue weighted by Gasteiger charge is 2.19. The zero-order valence-corrected chi connectivity index (χ0v) is 16.9. The predicted octanol–water partition coefficient (Wildman–Crippen LogP) is 3.71. The van der Waals surface area contributed by atoms with Crippen LogP contribution in [0.2, 0.25) is 0 Å². The Hall–Kier alpha value is -3.61. The minimum Gasteiger partial charge on any atom is -0.497 e. The third-order valence-electron chi connectivity index (χ3n) is 4.77. The second-order valence-electron chi connectivity index (χ2n) is 6.89. The van der Waals surface area contributed by atoms with Crippen LogP contribution in [0.1, 0.15) is 25.3 Å². The monoisotopic (exact) mass is 410 g/mol. The molecule has 3 aromatic carbocycles. The smallest absolute Gasteiger partial charge is 0.279 e. The molecule has 3 aromatic rings. The maximum absolute atomic E-state index is 12.9. The summed E-state index contributed by atoms with van der Waals surface area (Å²) >= 11 is 0. The second-order valence-corrected chi connectivity index (χ2v) is 6.89. The summed E-state index contributed by atoms with van der Waals surface area (Å²) in [7, 11) is 1.61. The van der Waals surface area contributed by atoms with Crippen LogP contribution in [0.5, 0.6) is 11.5 Å². The largest absolute Gasteiger partial charge is 0.497 e. The predicted molar refractivity (Wildman–Crippen MR) is 112 cm³/mol. The molecule has 0 aromatic heterocycles. The molecule has 0 radical (unpaired) electrons. The van der Waals surface area contributed by atoms with Crippen LogP contribution in [0.15, 0.2) is 60.7 Å². The molecule has 7 heteroatoms. The second kappa shape index (κ2) is 9.26. The Morgan fingerprint density at radius 2 is 1.43 bits per heavy atom. The van der Waals surface area contributed by atoms with Crippen molar-refractivity contribution in [1.82, 2.24) is 10.9 Å². The van der Waals surface area contributed by atoms with Gasteiger partial charge in [0.15, 0.2) is 6.10 Å². The number of amides is 2. The number of methoxy groups -OCH3 is 1. The Bertz CT molecular complexity index is 1050. The van der Waals surface area contributed by atoms with Gasteiger partial charge < -0.3 is 9.47 Å². The summed E-state index contributed by atoms with van der Waals surface area (Å²) in [6, 6.07) is 16.8. The van der Waals surface area contributed by atoms with Gasteiger partial charge >= 0.3 is 0 Å². The fourth-order valence-electron chi connectivity index (χ4n) is 2.89. The van der Waals surface area contributed by atoms with Crippen molar-refractivity contribution in [1.29, 1.82) is 0 Å². The third kappa shape index (κ3) is 5.05. The lowest BCUT2D eigenvalue weighted by Gasteiger charge is -2.17. The van der Waals surface area contributed by atoms with E-state index in [1.807, 2.05) is 36.4 Å². The zero-order valence-electron chi connectivity index (χ0n) is 16.9. The molecule has 30 heavy (non-hydrogen) atoms. The van der Waals surface area contributed by atoms with E-state index >= 15 is 0 Å². The van der Waals surface area contributed by atoms with E-state index in [-0.39, 0.29) is 5.91 Å². The first kappa shape index (κ1) is 21.1. The molecular formula is C23H23FN2O4. The molecule has 0 bridgehead atoms. The number of carbonyl (C=O) groups excluding carboxylic acids is 2. The lowest BCUT2D eigenvalue weighted by molar-refractivity contribution is -0.133. The number of benzene rings is 3. The Kier molecular flexibility index (Phi) is 6.51. The Labute approximate surface area is 174 Å². The van der Waals surface area contributed by atoms with Crippen LogP contribution >= 0.6 is 0 Å². The van der Waals surface area contributed by atoms with Gasteiger partial charge in [0, 0.05) is 0 Å². The fraction of sp³-hybridized carbons (Fsp3) is 0.217. The van der Waals surface area contributed by atoms with Crippen LogP contribution in [0.4, 0.5) is 4.39 Å². The number of hydrazine groups is 1. The molecule has 2 unspecified atom stereocenters. The molecule has 0 heterocycles. The SMILES string of the molecule is COc1ccc2cc(C(C)C(=O)NNC(=O)C(C)Oc3ccc(F)cc3)ccc2c1. The Morgan fingerprint density at radius 1 is 0.833 bits per heavy atom. The molecule has 2 amide bonds. The van der Waals surface area contributed by atoms with E-state index in [1.54, 1.807) is 14.0 Å². The van der Waals surface area contributed by atoms with Crippen molar-refractivity contribution < 1.29 is 23.5 Å². The number of fused-ring (bicyclic) bond motifs is 1. The molecule has 0 saturated carbocycles. The highest BCUT2D eigenvalue weighted by atomic mass is 19.1. The van der Waals surface area contributed by atoms with Crippen LogP contribution in [0.3, 0.4) is 0 Å². The summed E-state index contributed by atoms with van der Waals surface area (Å²) in [6.45, 7) is 3.29. The molecule has 156 valence electrons. The summed E-state index contributed by atoms with van der Waals surface area (Å²) in [5, 5.41) is 1.99. The average Bonchev–Trinajstić information content (AvgIpc) is 2.77. The molecule has 0 saturated heterocycles. The Balaban J connectivity index is 1.57. The summed E-state index contributed by atoms with van der Waals surface area (Å²) in [4.78, 5) is 24.7. The van der Waals surface area contributed by atoms with E-state index in [0.717, 1.165) is 22.1 Å². The van der Waals surface area contributed by atoms with E-state index in [4.69, 9.17) is 9.47 Å². The molecule has 0 aliphatic heterocycles. The van der Waals surface area contributed by atoms with Crippen molar-refractivity contribution >= 4 is 22.6 Å². The van der Waals surface area contributed by atoms with Crippen molar-refractivity contribution in [3.8, 4) is 11.5 Å². The van der Waals surface area contributed by atoms with Gasteiger partial charge in [-0.05, 0) is 66.6 Å². The van der Waals surface area contributed by atoms with Crippen molar-refractivity contribution in [2.24, 2.45) is 0 Å².